The molecule has 102 valence electrons. The maximum atomic E-state index is 12.7. The Morgan fingerprint density at radius 1 is 1.00 bits per heavy atom. The Labute approximate surface area is 120 Å². The average Bonchev–Trinajstić information content (AvgIpc) is 3.02. The number of pyridine rings is 1. The Hall–Kier alpha value is -2.81. The molecular weight excluding hydrogens is 262 g/mol. The molecule has 3 nitrogen and oxygen atoms in total. The summed E-state index contributed by atoms with van der Waals surface area (Å²) < 4.78 is 5.48. The molecule has 0 amide bonds. The van der Waals surface area contributed by atoms with Crippen molar-refractivity contribution in [2.24, 2.45) is 0 Å². The molecule has 0 atom stereocenters. The number of para-hydroxylation sites is 1. The van der Waals surface area contributed by atoms with E-state index in [-0.39, 0.29) is 5.43 Å². The first-order valence-corrected chi connectivity index (χ1v) is 6.83. The van der Waals surface area contributed by atoms with E-state index >= 15 is 0 Å². The van der Waals surface area contributed by atoms with Crippen LogP contribution in [0.15, 0.2) is 64.0 Å². The second-order valence-electron chi connectivity index (χ2n) is 5.21. The number of aromatic nitrogens is 1. The first kappa shape index (κ1) is 12.0. The van der Waals surface area contributed by atoms with Gasteiger partial charge in [0, 0.05) is 21.9 Å². The van der Waals surface area contributed by atoms with Crippen LogP contribution in [0.1, 0.15) is 5.56 Å². The molecule has 0 unspecified atom stereocenters. The number of aryl methyl sites for hydroxylation is 1. The fourth-order valence-electron chi connectivity index (χ4n) is 2.75. The van der Waals surface area contributed by atoms with Crippen molar-refractivity contribution in [3.8, 4) is 11.3 Å². The van der Waals surface area contributed by atoms with Crippen molar-refractivity contribution in [2.45, 2.75) is 6.92 Å². The average molecular weight is 275 g/mol. The van der Waals surface area contributed by atoms with Gasteiger partial charge in [-0.3, -0.25) is 4.79 Å². The largest absolute Gasteiger partial charge is 0.464 e. The monoisotopic (exact) mass is 275 g/mol. The van der Waals surface area contributed by atoms with Crippen LogP contribution in [0.5, 0.6) is 0 Å². The van der Waals surface area contributed by atoms with E-state index in [4.69, 9.17) is 4.42 Å². The molecule has 0 saturated carbocycles. The lowest BCUT2D eigenvalue weighted by atomic mass is 10.0. The Morgan fingerprint density at radius 2 is 1.90 bits per heavy atom. The highest BCUT2D eigenvalue weighted by Crippen LogP contribution is 2.27. The minimum atomic E-state index is 0.0517. The molecule has 1 N–H and O–H groups in total. The van der Waals surface area contributed by atoms with Crippen LogP contribution < -0.4 is 5.43 Å². The number of fused-ring (bicyclic) bond motifs is 2. The molecule has 2 heterocycles. The van der Waals surface area contributed by atoms with Crippen LogP contribution in [0, 0.1) is 6.92 Å². The number of hydrogen-bond donors (Lipinski definition) is 1. The predicted octanol–water partition coefficient (Wildman–Crippen LogP) is 4.25. The second kappa shape index (κ2) is 4.35. The van der Waals surface area contributed by atoms with Gasteiger partial charge in [-0.2, -0.15) is 0 Å². The summed E-state index contributed by atoms with van der Waals surface area (Å²) in [4.78, 5) is 16.1. The van der Waals surface area contributed by atoms with Gasteiger partial charge in [0.25, 0.3) is 0 Å². The Morgan fingerprint density at radius 3 is 2.71 bits per heavy atom. The van der Waals surface area contributed by atoms with E-state index in [1.165, 1.54) is 0 Å². The molecule has 0 spiro atoms. The van der Waals surface area contributed by atoms with E-state index in [9.17, 15) is 4.79 Å². The van der Waals surface area contributed by atoms with Crippen LogP contribution in [0.4, 0.5) is 0 Å². The Kier molecular flexibility index (Phi) is 2.48. The molecule has 21 heavy (non-hydrogen) atoms. The zero-order valence-electron chi connectivity index (χ0n) is 11.5. The zero-order chi connectivity index (χ0) is 14.4. The SMILES string of the molecule is Cc1ccc2[nH]c3c(-c4ccco4)cccc3c(=O)c2c1. The first-order chi connectivity index (χ1) is 10.2. The van der Waals surface area contributed by atoms with E-state index in [1.54, 1.807) is 6.26 Å². The predicted molar refractivity (Wildman–Crippen MR) is 84.5 cm³/mol. The van der Waals surface area contributed by atoms with E-state index in [0.29, 0.717) is 5.39 Å². The van der Waals surface area contributed by atoms with Crippen LogP contribution >= 0.6 is 0 Å². The molecular formula is C18H13NO2. The first-order valence-electron chi connectivity index (χ1n) is 6.83. The maximum absolute atomic E-state index is 12.7. The summed E-state index contributed by atoms with van der Waals surface area (Å²) in [7, 11) is 0. The smallest absolute Gasteiger partial charge is 0.197 e. The van der Waals surface area contributed by atoms with Gasteiger partial charge >= 0.3 is 0 Å². The van der Waals surface area contributed by atoms with E-state index in [1.807, 2.05) is 55.5 Å². The quantitative estimate of drug-likeness (QED) is 0.528. The number of hydrogen-bond acceptors (Lipinski definition) is 2. The Bertz CT molecular complexity index is 1010. The molecule has 4 aromatic rings. The van der Waals surface area contributed by atoms with Crippen LogP contribution in [0.3, 0.4) is 0 Å². The lowest BCUT2D eigenvalue weighted by molar-refractivity contribution is 0.583. The molecule has 0 aliphatic rings. The van der Waals surface area contributed by atoms with Crippen LogP contribution in [-0.4, -0.2) is 4.98 Å². The molecule has 0 fully saturated rings. The van der Waals surface area contributed by atoms with Gasteiger partial charge < -0.3 is 9.40 Å². The number of H-pyrrole nitrogens is 1. The lowest BCUT2D eigenvalue weighted by Crippen LogP contribution is -2.05. The molecule has 4 rings (SSSR count). The van der Waals surface area contributed by atoms with Gasteiger partial charge in [-0.25, -0.2) is 0 Å². The fourth-order valence-corrected chi connectivity index (χ4v) is 2.75. The molecule has 2 aromatic heterocycles. The molecule has 0 saturated heterocycles. The molecule has 0 aliphatic carbocycles. The topological polar surface area (TPSA) is 46.0 Å². The van der Waals surface area contributed by atoms with Crippen LogP contribution in [0.25, 0.3) is 33.1 Å². The van der Waals surface area contributed by atoms with E-state index in [2.05, 4.69) is 4.98 Å². The van der Waals surface area contributed by atoms with Crippen molar-refractivity contribution in [3.63, 3.8) is 0 Å². The van der Waals surface area contributed by atoms with Gasteiger partial charge in [0.15, 0.2) is 5.43 Å². The lowest BCUT2D eigenvalue weighted by Gasteiger charge is -2.07. The maximum Gasteiger partial charge on any atom is 0.197 e. The van der Waals surface area contributed by atoms with Crippen LogP contribution in [0.2, 0.25) is 0 Å². The van der Waals surface area contributed by atoms with Crippen molar-refractivity contribution < 1.29 is 4.42 Å². The number of aromatic amines is 1. The van der Waals surface area contributed by atoms with Gasteiger partial charge in [0.1, 0.15) is 5.76 Å². The van der Waals surface area contributed by atoms with Crippen molar-refractivity contribution in [3.05, 3.63) is 70.6 Å². The summed E-state index contributed by atoms with van der Waals surface area (Å²) in [6.07, 6.45) is 1.64. The second-order valence-corrected chi connectivity index (χ2v) is 5.21. The molecule has 3 heteroatoms. The normalized spacial score (nSPS) is 11.3. The van der Waals surface area contributed by atoms with E-state index < -0.39 is 0 Å². The van der Waals surface area contributed by atoms with Crippen LogP contribution in [-0.2, 0) is 0 Å². The van der Waals surface area contributed by atoms with Crippen molar-refractivity contribution in [1.82, 2.24) is 4.98 Å². The number of nitrogens with one attached hydrogen (secondary N) is 1. The van der Waals surface area contributed by atoms with Gasteiger partial charge in [-0.05, 0) is 43.3 Å². The minimum Gasteiger partial charge on any atom is -0.464 e. The number of furan rings is 1. The highest BCUT2D eigenvalue weighted by molar-refractivity contribution is 5.99. The summed E-state index contributed by atoms with van der Waals surface area (Å²) in [6, 6.07) is 15.3. The van der Waals surface area contributed by atoms with Crippen molar-refractivity contribution in [2.75, 3.05) is 0 Å². The van der Waals surface area contributed by atoms with Gasteiger partial charge in [-0.15, -0.1) is 0 Å². The summed E-state index contributed by atoms with van der Waals surface area (Å²) in [6.45, 7) is 1.99. The van der Waals surface area contributed by atoms with Crippen molar-refractivity contribution >= 4 is 21.8 Å². The minimum absolute atomic E-state index is 0.0517. The summed E-state index contributed by atoms with van der Waals surface area (Å²) >= 11 is 0. The molecule has 0 aliphatic heterocycles. The highest BCUT2D eigenvalue weighted by atomic mass is 16.3. The summed E-state index contributed by atoms with van der Waals surface area (Å²) in [5.41, 5.74) is 3.69. The Balaban J connectivity index is 2.19. The third-order valence-corrected chi connectivity index (χ3v) is 3.78. The molecule has 0 radical (unpaired) electrons. The number of rotatable bonds is 1. The van der Waals surface area contributed by atoms with Gasteiger partial charge in [-0.1, -0.05) is 17.7 Å². The van der Waals surface area contributed by atoms with E-state index in [0.717, 1.165) is 33.3 Å². The third-order valence-electron chi connectivity index (χ3n) is 3.78. The fraction of sp³-hybridized carbons (Fsp3) is 0.0556. The number of benzene rings is 2. The molecule has 0 bridgehead atoms. The highest BCUT2D eigenvalue weighted by Gasteiger charge is 2.11. The van der Waals surface area contributed by atoms with Gasteiger partial charge in [0.05, 0.1) is 11.8 Å². The van der Waals surface area contributed by atoms with Crippen molar-refractivity contribution in [1.29, 1.82) is 0 Å². The standard InChI is InChI=1S/C18H13NO2/c1-11-7-8-15-14(10-11)18(20)13-5-2-4-12(17(13)19-15)16-6-3-9-21-16/h2-10H,1H3,(H,19,20). The molecule has 2 aromatic carbocycles. The van der Waals surface area contributed by atoms with Gasteiger partial charge in [0.2, 0.25) is 0 Å². The third kappa shape index (κ3) is 1.78. The summed E-state index contributed by atoms with van der Waals surface area (Å²) in [5, 5.41) is 1.40. The summed E-state index contributed by atoms with van der Waals surface area (Å²) in [5.74, 6) is 0.753. The zero-order valence-corrected chi connectivity index (χ0v) is 11.5.